The lowest BCUT2D eigenvalue weighted by Crippen LogP contribution is -2.40. The fourth-order valence-electron chi connectivity index (χ4n) is 2.69. The molecule has 0 bridgehead atoms. The van der Waals surface area contributed by atoms with Crippen LogP contribution in [0.2, 0.25) is 0 Å². The average Bonchev–Trinajstić information content (AvgIpc) is 2.30. The van der Waals surface area contributed by atoms with Gasteiger partial charge in [-0.3, -0.25) is 4.90 Å². The minimum Gasteiger partial charge on any atom is -0.327 e. The number of hydrogen-bond donors (Lipinski definition) is 1. The van der Waals surface area contributed by atoms with Crippen LogP contribution in [-0.2, 0) is 0 Å². The summed E-state index contributed by atoms with van der Waals surface area (Å²) in [6.07, 6.45) is 10.7. The lowest BCUT2D eigenvalue weighted by atomic mass is 9.93. The Kier molecular flexibility index (Phi) is 3.60. The molecule has 0 aromatic carbocycles. The van der Waals surface area contributed by atoms with Crippen LogP contribution in [-0.4, -0.2) is 30.6 Å². The van der Waals surface area contributed by atoms with Crippen LogP contribution >= 0.6 is 0 Å². The Labute approximate surface area is 87.2 Å². The summed E-state index contributed by atoms with van der Waals surface area (Å²) in [5.74, 6) is 0. The van der Waals surface area contributed by atoms with Gasteiger partial charge in [0.2, 0.25) is 0 Å². The van der Waals surface area contributed by atoms with Gasteiger partial charge in [0.25, 0.3) is 0 Å². The molecule has 1 aliphatic heterocycles. The molecule has 0 saturated heterocycles. The molecule has 0 amide bonds. The van der Waals surface area contributed by atoms with Crippen molar-refractivity contribution in [3.8, 4) is 0 Å². The van der Waals surface area contributed by atoms with E-state index in [-0.39, 0.29) is 0 Å². The standard InChI is InChI=1S/C12H22N2/c13-10-11-6-8-14(9-7-11)12-4-2-1-3-5-12/h6,12H,1-5,7-10,13H2. The van der Waals surface area contributed by atoms with Crippen LogP contribution in [0, 0.1) is 0 Å². The minimum atomic E-state index is 0.762. The number of hydrogen-bond acceptors (Lipinski definition) is 2. The molecule has 1 fully saturated rings. The van der Waals surface area contributed by atoms with Gasteiger partial charge in [-0.25, -0.2) is 0 Å². The zero-order valence-corrected chi connectivity index (χ0v) is 9.04. The summed E-state index contributed by atoms with van der Waals surface area (Å²) in [4.78, 5) is 2.65. The zero-order chi connectivity index (χ0) is 9.80. The van der Waals surface area contributed by atoms with Gasteiger partial charge in [0, 0.05) is 25.7 Å². The van der Waals surface area contributed by atoms with E-state index in [0.29, 0.717) is 0 Å². The third-order valence-electron chi connectivity index (χ3n) is 3.69. The molecule has 0 unspecified atom stereocenters. The zero-order valence-electron chi connectivity index (χ0n) is 9.04. The summed E-state index contributed by atoms with van der Waals surface area (Å²) in [7, 11) is 0. The molecule has 0 spiro atoms. The molecule has 2 N–H and O–H groups in total. The van der Waals surface area contributed by atoms with Crippen molar-refractivity contribution >= 4 is 0 Å². The first kappa shape index (κ1) is 10.2. The molecule has 14 heavy (non-hydrogen) atoms. The Bertz CT molecular complexity index is 204. The molecule has 0 radical (unpaired) electrons. The second-order valence-corrected chi connectivity index (χ2v) is 4.60. The molecule has 2 nitrogen and oxygen atoms in total. The molecule has 1 saturated carbocycles. The first-order valence-electron chi connectivity index (χ1n) is 6.02. The number of rotatable bonds is 2. The Morgan fingerprint density at radius 3 is 2.64 bits per heavy atom. The first-order chi connectivity index (χ1) is 6.90. The SMILES string of the molecule is NCC1=CCN(C2CCCCC2)CC1. The summed E-state index contributed by atoms with van der Waals surface area (Å²) in [6, 6.07) is 0.874. The molecule has 0 aromatic heterocycles. The van der Waals surface area contributed by atoms with Crippen molar-refractivity contribution in [2.45, 2.75) is 44.6 Å². The van der Waals surface area contributed by atoms with E-state index in [1.54, 1.807) is 0 Å². The molecule has 2 aliphatic rings. The smallest absolute Gasteiger partial charge is 0.0169 e. The molecular weight excluding hydrogens is 172 g/mol. The Balaban J connectivity index is 1.85. The third kappa shape index (κ3) is 2.37. The third-order valence-corrected chi connectivity index (χ3v) is 3.69. The maximum atomic E-state index is 5.64. The van der Waals surface area contributed by atoms with Gasteiger partial charge in [-0.05, 0) is 19.3 Å². The van der Waals surface area contributed by atoms with Crippen LogP contribution in [0.15, 0.2) is 11.6 Å². The predicted octanol–water partition coefficient (Wildman–Crippen LogP) is 1.91. The highest BCUT2D eigenvalue weighted by atomic mass is 15.2. The van der Waals surface area contributed by atoms with E-state index in [0.717, 1.165) is 19.1 Å². The molecule has 2 heteroatoms. The molecule has 0 aromatic rings. The van der Waals surface area contributed by atoms with Gasteiger partial charge in [-0.1, -0.05) is 30.9 Å². The summed E-state index contributed by atoms with van der Waals surface area (Å²) in [6.45, 7) is 3.16. The summed E-state index contributed by atoms with van der Waals surface area (Å²) in [5, 5.41) is 0. The molecule has 2 rings (SSSR count). The first-order valence-corrected chi connectivity index (χ1v) is 6.02. The van der Waals surface area contributed by atoms with Crippen molar-refractivity contribution in [3.05, 3.63) is 11.6 Å². The normalized spacial score (nSPS) is 26.2. The van der Waals surface area contributed by atoms with Crippen LogP contribution in [0.5, 0.6) is 0 Å². The molecule has 0 atom stereocenters. The van der Waals surface area contributed by atoms with E-state index >= 15 is 0 Å². The van der Waals surface area contributed by atoms with Crippen molar-refractivity contribution in [1.29, 1.82) is 0 Å². The van der Waals surface area contributed by atoms with Crippen LogP contribution < -0.4 is 5.73 Å². The van der Waals surface area contributed by atoms with Gasteiger partial charge in [0.15, 0.2) is 0 Å². The fourth-order valence-corrected chi connectivity index (χ4v) is 2.69. The van der Waals surface area contributed by atoms with Crippen LogP contribution in [0.25, 0.3) is 0 Å². The van der Waals surface area contributed by atoms with E-state index in [4.69, 9.17) is 5.73 Å². The highest BCUT2D eigenvalue weighted by Gasteiger charge is 2.21. The Morgan fingerprint density at radius 1 is 1.29 bits per heavy atom. The maximum absolute atomic E-state index is 5.64. The van der Waals surface area contributed by atoms with Crippen molar-refractivity contribution in [3.63, 3.8) is 0 Å². The number of nitrogens with two attached hydrogens (primary N) is 1. The quantitative estimate of drug-likeness (QED) is 0.680. The van der Waals surface area contributed by atoms with E-state index < -0.39 is 0 Å². The van der Waals surface area contributed by atoms with Gasteiger partial charge in [-0.2, -0.15) is 0 Å². The fraction of sp³-hybridized carbons (Fsp3) is 0.833. The molecule has 1 heterocycles. The highest BCUT2D eigenvalue weighted by Crippen LogP contribution is 2.24. The lowest BCUT2D eigenvalue weighted by molar-refractivity contribution is 0.167. The van der Waals surface area contributed by atoms with Crippen molar-refractivity contribution in [2.75, 3.05) is 19.6 Å². The van der Waals surface area contributed by atoms with E-state index in [2.05, 4.69) is 11.0 Å². The van der Waals surface area contributed by atoms with Gasteiger partial charge in [0.1, 0.15) is 0 Å². The van der Waals surface area contributed by atoms with Crippen LogP contribution in [0.1, 0.15) is 38.5 Å². The van der Waals surface area contributed by atoms with E-state index in [1.165, 1.54) is 50.6 Å². The second kappa shape index (κ2) is 4.94. The monoisotopic (exact) mass is 194 g/mol. The lowest BCUT2D eigenvalue weighted by Gasteiger charge is -2.36. The van der Waals surface area contributed by atoms with Gasteiger partial charge in [-0.15, -0.1) is 0 Å². The van der Waals surface area contributed by atoms with Crippen LogP contribution in [0.4, 0.5) is 0 Å². The van der Waals surface area contributed by atoms with E-state index in [9.17, 15) is 0 Å². The molecular formula is C12H22N2. The van der Waals surface area contributed by atoms with E-state index in [1.807, 2.05) is 0 Å². The minimum absolute atomic E-state index is 0.762. The largest absolute Gasteiger partial charge is 0.327 e. The summed E-state index contributed by atoms with van der Waals surface area (Å²) < 4.78 is 0. The summed E-state index contributed by atoms with van der Waals surface area (Å²) in [5.41, 5.74) is 7.10. The van der Waals surface area contributed by atoms with Gasteiger partial charge in [0.05, 0.1) is 0 Å². The molecule has 1 aliphatic carbocycles. The Morgan fingerprint density at radius 2 is 2.07 bits per heavy atom. The maximum Gasteiger partial charge on any atom is 0.0169 e. The van der Waals surface area contributed by atoms with Crippen LogP contribution in [0.3, 0.4) is 0 Å². The topological polar surface area (TPSA) is 29.3 Å². The van der Waals surface area contributed by atoms with Crippen molar-refractivity contribution in [1.82, 2.24) is 4.90 Å². The number of nitrogens with zero attached hydrogens (tertiary/aromatic N) is 1. The highest BCUT2D eigenvalue weighted by molar-refractivity contribution is 5.09. The summed E-state index contributed by atoms with van der Waals surface area (Å²) >= 11 is 0. The Hall–Kier alpha value is -0.340. The predicted molar refractivity (Wildman–Crippen MR) is 60.2 cm³/mol. The average molecular weight is 194 g/mol. The van der Waals surface area contributed by atoms with Gasteiger partial charge >= 0.3 is 0 Å². The van der Waals surface area contributed by atoms with Crippen molar-refractivity contribution in [2.24, 2.45) is 5.73 Å². The second-order valence-electron chi connectivity index (χ2n) is 4.60. The molecule has 80 valence electrons. The van der Waals surface area contributed by atoms with Gasteiger partial charge < -0.3 is 5.73 Å². The van der Waals surface area contributed by atoms with Crippen molar-refractivity contribution < 1.29 is 0 Å².